The van der Waals surface area contributed by atoms with Crippen LogP contribution in [-0.2, 0) is 10.8 Å². The first-order valence-electron chi connectivity index (χ1n) is 10.0. The van der Waals surface area contributed by atoms with Crippen molar-refractivity contribution in [3.63, 3.8) is 0 Å². The number of Topliss-reactive ketones (excluding diaryl/α,β-unsaturated/α-hetero) is 1. The van der Waals surface area contributed by atoms with E-state index in [0.29, 0.717) is 0 Å². The van der Waals surface area contributed by atoms with E-state index in [1.165, 1.54) is 0 Å². The molecule has 150 valence electrons. The van der Waals surface area contributed by atoms with Gasteiger partial charge in [0.2, 0.25) is 0 Å². The van der Waals surface area contributed by atoms with Crippen LogP contribution in [0.3, 0.4) is 0 Å². The number of halogens is 2. The Bertz CT molecular complexity index is 1070. The van der Waals surface area contributed by atoms with Gasteiger partial charge in [0.1, 0.15) is 0 Å². The summed E-state index contributed by atoms with van der Waals surface area (Å²) < 4.78 is 2.12. The van der Waals surface area contributed by atoms with Crippen molar-refractivity contribution in [3.8, 4) is 6.07 Å². The molecule has 2 saturated carbocycles. The maximum atomic E-state index is 12.6. The van der Waals surface area contributed by atoms with Crippen molar-refractivity contribution in [1.29, 1.82) is 5.26 Å². The molecule has 30 heavy (non-hydrogen) atoms. The van der Waals surface area contributed by atoms with Crippen LogP contribution in [0.1, 0.15) is 47.2 Å². The first kappa shape index (κ1) is 21.0. The normalized spacial score (nSPS) is 17.1. The zero-order chi connectivity index (χ0) is 21.2. The summed E-state index contributed by atoms with van der Waals surface area (Å²) in [7, 11) is 0. The summed E-state index contributed by atoms with van der Waals surface area (Å²) in [6.07, 6.45) is 3.96. The molecule has 0 radical (unpaired) electrons. The largest absolute Gasteiger partial charge is 0.293 e. The summed E-state index contributed by atoms with van der Waals surface area (Å²) in [4.78, 5) is 12.6. The highest BCUT2D eigenvalue weighted by Gasteiger charge is 2.51. The van der Waals surface area contributed by atoms with Crippen LogP contribution in [0.25, 0.3) is 0 Å². The smallest absolute Gasteiger partial charge is 0.173 e. The van der Waals surface area contributed by atoms with Crippen molar-refractivity contribution < 1.29 is 4.79 Å². The predicted octanol–water partition coefficient (Wildman–Crippen LogP) is 7.37. The fourth-order valence-electron chi connectivity index (χ4n) is 3.77. The fraction of sp³-hybridized carbons (Fsp3) is 0.231. The van der Waals surface area contributed by atoms with Gasteiger partial charge >= 0.3 is 0 Å². The number of carbonyl (C=O) groups is 1. The number of rotatable bonds is 4. The second kappa shape index (κ2) is 8.49. The van der Waals surface area contributed by atoms with E-state index in [1.54, 1.807) is 0 Å². The van der Waals surface area contributed by atoms with E-state index >= 15 is 0 Å². The van der Waals surface area contributed by atoms with Gasteiger partial charge in [0.05, 0.1) is 16.9 Å². The fourth-order valence-corrected chi connectivity index (χ4v) is 4.29. The van der Waals surface area contributed by atoms with Crippen LogP contribution in [0.5, 0.6) is 0 Å². The van der Waals surface area contributed by atoms with Gasteiger partial charge in [0.25, 0.3) is 0 Å². The maximum absolute atomic E-state index is 12.6. The van der Waals surface area contributed by atoms with Crippen molar-refractivity contribution in [2.24, 2.45) is 0 Å². The van der Waals surface area contributed by atoms with E-state index in [1.807, 2.05) is 66.7 Å². The molecule has 0 saturated heterocycles. The molecule has 0 unspecified atom stereocenters. The van der Waals surface area contributed by atoms with Gasteiger partial charge in [-0.25, -0.2) is 0 Å². The molecule has 3 aromatic rings. The molecule has 0 amide bonds. The lowest BCUT2D eigenvalue weighted by Crippen LogP contribution is -2.20. The van der Waals surface area contributed by atoms with Gasteiger partial charge in [-0.3, -0.25) is 4.79 Å². The zero-order valence-corrected chi connectivity index (χ0v) is 19.6. The van der Waals surface area contributed by atoms with Gasteiger partial charge in [-0.2, -0.15) is 5.26 Å². The quantitative estimate of drug-likeness (QED) is 0.335. The van der Waals surface area contributed by atoms with Gasteiger partial charge in [-0.05, 0) is 61.1 Å². The molecule has 2 fully saturated rings. The Kier molecular flexibility index (Phi) is 5.95. The number of benzene rings is 3. The number of nitriles is 1. The molecule has 0 atom stereocenters. The first-order chi connectivity index (χ1) is 14.5. The Labute approximate surface area is 194 Å². The van der Waals surface area contributed by atoms with E-state index in [2.05, 4.69) is 50.1 Å². The molecule has 0 aromatic heterocycles. The molecule has 5 rings (SSSR count). The average Bonchev–Trinajstić information content (AvgIpc) is 3.70. The molecule has 4 heteroatoms. The van der Waals surface area contributed by atoms with Gasteiger partial charge < -0.3 is 0 Å². The Morgan fingerprint density at radius 3 is 1.67 bits per heavy atom. The standard InChI is InChI=1S/C16H13BrO.C10H8BrN/c17-14-8-6-13(7-9-14)16(10-11-16)15(18)12-4-2-1-3-5-12;11-9-3-1-8(2-4-9)10(7-12)5-6-10/h1-9H,10-11H2;1-4H,5-6H2. The summed E-state index contributed by atoms with van der Waals surface area (Å²) in [5.74, 6) is 0.255. The molecule has 0 N–H and O–H groups in total. The van der Waals surface area contributed by atoms with E-state index in [-0.39, 0.29) is 16.6 Å². The van der Waals surface area contributed by atoms with Crippen molar-refractivity contribution in [2.75, 3.05) is 0 Å². The van der Waals surface area contributed by atoms with E-state index in [4.69, 9.17) is 5.26 Å². The van der Waals surface area contributed by atoms with Gasteiger partial charge in [0, 0.05) is 14.5 Å². The van der Waals surface area contributed by atoms with Crippen LogP contribution in [-0.4, -0.2) is 5.78 Å². The van der Waals surface area contributed by atoms with Crippen molar-refractivity contribution >= 4 is 37.6 Å². The maximum Gasteiger partial charge on any atom is 0.173 e. The summed E-state index contributed by atoms with van der Waals surface area (Å²) >= 11 is 6.80. The number of carbonyl (C=O) groups excluding carboxylic acids is 1. The lowest BCUT2D eigenvalue weighted by atomic mass is 9.87. The number of hydrogen-bond acceptors (Lipinski definition) is 2. The molecule has 3 aromatic carbocycles. The van der Waals surface area contributed by atoms with E-state index < -0.39 is 0 Å². The van der Waals surface area contributed by atoms with E-state index in [9.17, 15) is 4.79 Å². The number of ketones is 1. The Hall–Kier alpha value is -2.22. The van der Waals surface area contributed by atoms with Crippen LogP contribution in [0.2, 0.25) is 0 Å². The van der Waals surface area contributed by atoms with Gasteiger partial charge in [-0.15, -0.1) is 0 Å². The minimum atomic E-state index is -0.262. The second-order valence-corrected chi connectivity index (χ2v) is 9.82. The van der Waals surface area contributed by atoms with Crippen molar-refractivity contribution in [2.45, 2.75) is 36.5 Å². The summed E-state index contributed by atoms with van der Waals surface area (Å²) in [5.41, 5.74) is 2.72. The third kappa shape index (κ3) is 4.29. The first-order valence-corrected chi connectivity index (χ1v) is 11.6. The lowest BCUT2D eigenvalue weighted by molar-refractivity contribution is 0.0946. The molecule has 0 heterocycles. The zero-order valence-electron chi connectivity index (χ0n) is 16.4. The third-order valence-electron chi connectivity index (χ3n) is 5.98. The highest BCUT2D eigenvalue weighted by Crippen LogP contribution is 2.50. The van der Waals surface area contributed by atoms with Crippen LogP contribution >= 0.6 is 31.9 Å². The Morgan fingerprint density at radius 1 is 0.733 bits per heavy atom. The summed E-state index contributed by atoms with van der Waals surface area (Å²) in [6, 6.07) is 28.1. The molecular formula is C26H21Br2NO. The molecule has 0 aliphatic heterocycles. The molecule has 2 nitrogen and oxygen atoms in total. The van der Waals surface area contributed by atoms with Gasteiger partial charge in [-0.1, -0.05) is 86.5 Å². The molecule has 2 aliphatic carbocycles. The molecule has 0 bridgehead atoms. The second-order valence-electron chi connectivity index (χ2n) is 7.98. The average molecular weight is 523 g/mol. The highest BCUT2D eigenvalue weighted by atomic mass is 79.9. The topological polar surface area (TPSA) is 40.9 Å². The third-order valence-corrected chi connectivity index (χ3v) is 7.04. The van der Waals surface area contributed by atoms with Crippen molar-refractivity contribution in [1.82, 2.24) is 0 Å². The summed E-state index contributed by atoms with van der Waals surface area (Å²) in [5, 5.41) is 8.92. The van der Waals surface area contributed by atoms with Crippen LogP contribution in [0.4, 0.5) is 0 Å². The summed E-state index contributed by atoms with van der Waals surface area (Å²) in [6.45, 7) is 0. The lowest BCUT2D eigenvalue weighted by Gasteiger charge is -2.14. The minimum Gasteiger partial charge on any atom is -0.293 e. The minimum absolute atomic E-state index is 0.138. The van der Waals surface area contributed by atoms with Gasteiger partial charge in [0.15, 0.2) is 5.78 Å². The number of nitrogens with zero attached hydrogens (tertiary/aromatic N) is 1. The molecule has 0 spiro atoms. The SMILES string of the molecule is N#CC1(c2ccc(Br)cc2)CC1.O=C(c1ccccc1)C1(c2ccc(Br)cc2)CC1. The van der Waals surface area contributed by atoms with Crippen molar-refractivity contribution in [3.05, 3.63) is 104 Å². The van der Waals surface area contributed by atoms with Crippen LogP contribution < -0.4 is 0 Å². The van der Waals surface area contributed by atoms with Crippen LogP contribution in [0, 0.1) is 11.3 Å². The molecular weight excluding hydrogens is 502 g/mol. The van der Waals surface area contributed by atoms with E-state index in [0.717, 1.165) is 51.3 Å². The molecule has 2 aliphatic rings. The highest BCUT2D eigenvalue weighted by molar-refractivity contribution is 9.10. The predicted molar refractivity (Wildman–Crippen MR) is 126 cm³/mol. The Morgan fingerprint density at radius 2 is 1.23 bits per heavy atom. The number of hydrogen-bond donors (Lipinski definition) is 0. The Balaban J connectivity index is 0.000000158. The van der Waals surface area contributed by atoms with Crippen LogP contribution in [0.15, 0.2) is 87.8 Å². The monoisotopic (exact) mass is 521 g/mol.